The molecule has 0 bridgehead atoms. The molecule has 0 spiro atoms. The minimum Gasteiger partial charge on any atom is -0.483 e. The van der Waals surface area contributed by atoms with Gasteiger partial charge in [0, 0.05) is 19.0 Å². The molecule has 0 radical (unpaired) electrons. The second-order valence-corrected chi connectivity index (χ2v) is 13.3. The van der Waals surface area contributed by atoms with Crippen LogP contribution in [0.5, 0.6) is 5.75 Å². The predicted molar refractivity (Wildman–Crippen MR) is 170 cm³/mol. The number of amides is 2. The summed E-state index contributed by atoms with van der Waals surface area (Å²) in [4.78, 5) is 29.4. The number of hydrogen-bond acceptors (Lipinski definition) is 3. The predicted octanol–water partition coefficient (Wildman–Crippen LogP) is 8.13. The summed E-state index contributed by atoms with van der Waals surface area (Å²) >= 11 is 16.1. The molecular weight excluding hydrogens is 623 g/mol. The van der Waals surface area contributed by atoms with Crippen LogP contribution in [-0.4, -0.2) is 35.4 Å². The second-order valence-electron chi connectivity index (χ2n) is 11.6. The van der Waals surface area contributed by atoms with Gasteiger partial charge in [0.05, 0.1) is 14.5 Å². The fourth-order valence-electron chi connectivity index (χ4n) is 5.06. The lowest BCUT2D eigenvalue weighted by atomic mass is 9.87. The van der Waals surface area contributed by atoms with E-state index in [0.717, 1.165) is 46.8 Å². The lowest BCUT2D eigenvalue weighted by molar-refractivity contribution is -0.143. The Balaban J connectivity index is 1.62. The highest BCUT2D eigenvalue weighted by molar-refractivity contribution is 9.10. The number of ether oxygens (including phenoxy) is 1. The molecule has 1 aliphatic rings. The Labute approximate surface area is 261 Å². The average molecular weight is 660 g/mol. The first-order chi connectivity index (χ1) is 19.5. The zero-order valence-electron chi connectivity index (χ0n) is 23.8. The van der Waals surface area contributed by atoms with Crippen molar-refractivity contribution in [2.45, 2.75) is 76.9 Å². The van der Waals surface area contributed by atoms with Crippen LogP contribution in [0.25, 0.3) is 0 Å². The van der Waals surface area contributed by atoms with Gasteiger partial charge in [-0.1, -0.05) is 99.3 Å². The second kappa shape index (κ2) is 14.1. The van der Waals surface area contributed by atoms with Crippen molar-refractivity contribution in [3.63, 3.8) is 0 Å². The van der Waals surface area contributed by atoms with Gasteiger partial charge in [0.1, 0.15) is 11.8 Å². The maximum atomic E-state index is 13.9. The van der Waals surface area contributed by atoms with E-state index in [-0.39, 0.29) is 36.4 Å². The number of rotatable bonds is 10. The molecule has 3 aromatic rings. The lowest BCUT2D eigenvalue weighted by Gasteiger charge is -2.32. The van der Waals surface area contributed by atoms with Crippen molar-refractivity contribution in [2.24, 2.45) is 0 Å². The van der Waals surface area contributed by atoms with E-state index in [9.17, 15) is 9.59 Å². The van der Waals surface area contributed by atoms with Crippen molar-refractivity contribution in [1.29, 1.82) is 0 Å². The Bertz CT molecular complexity index is 1350. The normalized spacial score (nSPS) is 14.5. The zero-order chi connectivity index (χ0) is 29.6. The average Bonchev–Trinajstić information content (AvgIpc) is 3.44. The maximum absolute atomic E-state index is 13.9. The molecule has 1 unspecified atom stereocenters. The smallest absolute Gasteiger partial charge is 0.261 e. The van der Waals surface area contributed by atoms with Gasteiger partial charge in [-0.3, -0.25) is 9.59 Å². The maximum Gasteiger partial charge on any atom is 0.261 e. The van der Waals surface area contributed by atoms with Crippen LogP contribution in [0.2, 0.25) is 10.0 Å². The van der Waals surface area contributed by atoms with Gasteiger partial charge >= 0.3 is 0 Å². The third-order valence-corrected chi connectivity index (χ3v) is 8.82. The Morgan fingerprint density at radius 3 is 2.32 bits per heavy atom. The number of halogens is 3. The number of nitrogens with one attached hydrogen (secondary N) is 1. The van der Waals surface area contributed by atoms with E-state index >= 15 is 0 Å². The van der Waals surface area contributed by atoms with Crippen LogP contribution in [0.1, 0.15) is 63.1 Å². The highest BCUT2D eigenvalue weighted by Gasteiger charge is 2.32. The van der Waals surface area contributed by atoms with Crippen molar-refractivity contribution < 1.29 is 14.3 Å². The molecule has 3 aromatic carbocycles. The van der Waals surface area contributed by atoms with E-state index in [1.54, 1.807) is 17.0 Å². The van der Waals surface area contributed by atoms with Gasteiger partial charge in [-0.05, 0) is 75.1 Å². The molecule has 4 rings (SSSR count). The Morgan fingerprint density at radius 2 is 1.68 bits per heavy atom. The summed E-state index contributed by atoms with van der Waals surface area (Å²) in [5.41, 5.74) is 2.86. The van der Waals surface area contributed by atoms with E-state index in [1.807, 2.05) is 54.6 Å². The van der Waals surface area contributed by atoms with Crippen LogP contribution < -0.4 is 10.1 Å². The standard InChI is InChI=1S/C33H37BrCl2N2O3/c1-33(2,3)24-14-16-30(26(34)19-24)41-21-31(39)38(20-23-13-15-27(35)28(36)17-23)29(18-22-9-5-4-6-10-22)32(40)37-25-11-7-8-12-25/h4-6,9-10,13-17,19,25,29H,7-8,11-12,18,20-21H2,1-3H3,(H,37,40). The molecule has 0 aromatic heterocycles. The van der Waals surface area contributed by atoms with Gasteiger partial charge in [0.2, 0.25) is 5.91 Å². The molecule has 1 saturated carbocycles. The minimum atomic E-state index is -0.740. The van der Waals surface area contributed by atoms with Crippen LogP contribution in [-0.2, 0) is 28.0 Å². The number of carbonyl (C=O) groups is 2. The number of benzene rings is 3. The molecular formula is C33H37BrCl2N2O3. The number of hydrogen-bond donors (Lipinski definition) is 1. The third kappa shape index (κ3) is 8.73. The van der Waals surface area contributed by atoms with Crippen LogP contribution >= 0.6 is 39.1 Å². The summed E-state index contributed by atoms with van der Waals surface area (Å²) in [7, 11) is 0. The van der Waals surface area contributed by atoms with Gasteiger partial charge in [-0.15, -0.1) is 0 Å². The van der Waals surface area contributed by atoms with Crippen LogP contribution in [0.3, 0.4) is 0 Å². The van der Waals surface area contributed by atoms with E-state index in [1.165, 1.54) is 0 Å². The Kier molecular flexibility index (Phi) is 10.8. The van der Waals surface area contributed by atoms with Gasteiger partial charge in [0.25, 0.3) is 5.91 Å². The van der Waals surface area contributed by atoms with E-state index in [0.29, 0.717) is 22.2 Å². The van der Waals surface area contributed by atoms with Gasteiger partial charge in [-0.25, -0.2) is 0 Å². The zero-order valence-corrected chi connectivity index (χ0v) is 26.9. The summed E-state index contributed by atoms with van der Waals surface area (Å²) in [6, 6.07) is 20.3. The Hall–Kier alpha value is -2.54. The van der Waals surface area contributed by atoms with Crippen molar-refractivity contribution in [2.75, 3.05) is 6.61 Å². The fourth-order valence-corrected chi connectivity index (χ4v) is 5.88. The molecule has 0 heterocycles. The molecule has 8 heteroatoms. The first-order valence-electron chi connectivity index (χ1n) is 14.0. The number of carbonyl (C=O) groups excluding carboxylic acids is 2. The van der Waals surface area contributed by atoms with Gasteiger partial charge in [-0.2, -0.15) is 0 Å². The molecule has 41 heavy (non-hydrogen) atoms. The highest BCUT2D eigenvalue weighted by Crippen LogP contribution is 2.32. The summed E-state index contributed by atoms with van der Waals surface area (Å²) in [5, 5.41) is 4.04. The topological polar surface area (TPSA) is 58.6 Å². The molecule has 0 aliphatic heterocycles. The molecule has 1 N–H and O–H groups in total. The summed E-state index contributed by atoms with van der Waals surface area (Å²) < 4.78 is 6.80. The highest BCUT2D eigenvalue weighted by atomic mass is 79.9. The van der Waals surface area contributed by atoms with Gasteiger partial charge < -0.3 is 15.0 Å². The largest absolute Gasteiger partial charge is 0.483 e. The van der Waals surface area contributed by atoms with Crippen molar-refractivity contribution in [3.05, 3.63) is 97.9 Å². The van der Waals surface area contributed by atoms with E-state index in [4.69, 9.17) is 27.9 Å². The molecule has 0 saturated heterocycles. The van der Waals surface area contributed by atoms with E-state index < -0.39 is 6.04 Å². The molecule has 5 nitrogen and oxygen atoms in total. The summed E-state index contributed by atoms with van der Waals surface area (Å²) in [6.07, 6.45) is 4.46. The lowest BCUT2D eigenvalue weighted by Crippen LogP contribution is -2.53. The summed E-state index contributed by atoms with van der Waals surface area (Å²) in [6.45, 7) is 6.38. The van der Waals surface area contributed by atoms with E-state index in [2.05, 4.69) is 42.0 Å². The van der Waals surface area contributed by atoms with Gasteiger partial charge in [0.15, 0.2) is 6.61 Å². The van der Waals surface area contributed by atoms with Crippen molar-refractivity contribution in [1.82, 2.24) is 10.2 Å². The molecule has 1 fully saturated rings. The van der Waals surface area contributed by atoms with Crippen molar-refractivity contribution in [3.8, 4) is 5.75 Å². The monoisotopic (exact) mass is 658 g/mol. The van der Waals surface area contributed by atoms with Crippen LogP contribution in [0.15, 0.2) is 71.2 Å². The quantitative estimate of drug-likeness (QED) is 0.239. The third-order valence-electron chi connectivity index (χ3n) is 7.46. The fraction of sp³-hybridized carbons (Fsp3) is 0.394. The molecule has 1 aliphatic carbocycles. The Morgan fingerprint density at radius 1 is 0.976 bits per heavy atom. The number of nitrogens with zero attached hydrogens (tertiary/aromatic N) is 1. The molecule has 218 valence electrons. The van der Waals surface area contributed by atoms with Crippen molar-refractivity contribution >= 4 is 50.9 Å². The SMILES string of the molecule is CC(C)(C)c1ccc(OCC(=O)N(Cc2ccc(Cl)c(Cl)c2)C(Cc2ccccc2)C(=O)NC2CCCC2)c(Br)c1. The molecule has 1 atom stereocenters. The first kappa shape index (κ1) is 31.4. The van der Waals surface area contributed by atoms with Crippen LogP contribution in [0.4, 0.5) is 0 Å². The summed E-state index contributed by atoms with van der Waals surface area (Å²) in [5.74, 6) is 0.103. The minimum absolute atomic E-state index is 0.0230. The first-order valence-corrected chi connectivity index (χ1v) is 15.6. The molecule has 2 amide bonds. The van der Waals surface area contributed by atoms with Crippen LogP contribution in [0, 0.1) is 0 Å².